The van der Waals surface area contributed by atoms with Gasteiger partial charge >= 0.3 is 0 Å². The minimum atomic E-state index is -3.67. The normalized spacial score (nSPS) is 11.2. The van der Waals surface area contributed by atoms with E-state index < -0.39 is 10.0 Å². The highest BCUT2D eigenvalue weighted by molar-refractivity contribution is 9.10. The van der Waals surface area contributed by atoms with E-state index in [-0.39, 0.29) is 36.2 Å². The van der Waals surface area contributed by atoms with Crippen molar-refractivity contribution in [1.29, 1.82) is 0 Å². The second-order valence-electron chi connectivity index (χ2n) is 5.55. The van der Waals surface area contributed by atoms with Gasteiger partial charge in [0, 0.05) is 44.7 Å². The number of likely N-dealkylation sites (N-methyl/N-ethyl adjacent to an activating group) is 1. The number of nitrogens with one attached hydrogen (secondary N) is 2. The summed E-state index contributed by atoms with van der Waals surface area (Å²) in [5, 5.41) is 2.68. The number of rotatable bonds is 11. The molecule has 0 aliphatic rings. The van der Waals surface area contributed by atoms with Crippen LogP contribution in [0.1, 0.15) is 12.8 Å². The highest BCUT2D eigenvalue weighted by Crippen LogP contribution is 2.14. The van der Waals surface area contributed by atoms with E-state index in [0.717, 1.165) is 4.47 Å². The molecule has 10 heteroatoms. The number of carbonyl (C=O) groups excluding carboxylic acids is 2. The largest absolute Gasteiger partial charge is 0.385 e. The molecule has 2 amide bonds. The number of hydrogen-bond acceptors (Lipinski definition) is 5. The average Bonchev–Trinajstić information content (AvgIpc) is 2.58. The molecule has 0 aromatic heterocycles. The highest BCUT2D eigenvalue weighted by Gasteiger charge is 2.16. The second-order valence-corrected chi connectivity index (χ2v) is 8.23. The minimum absolute atomic E-state index is 0.0385. The van der Waals surface area contributed by atoms with Crippen molar-refractivity contribution in [3.8, 4) is 0 Å². The van der Waals surface area contributed by atoms with Crippen LogP contribution in [0.2, 0.25) is 0 Å². The van der Waals surface area contributed by atoms with Crippen LogP contribution in [0.5, 0.6) is 0 Å². The van der Waals surface area contributed by atoms with E-state index in [2.05, 4.69) is 26.0 Å². The summed E-state index contributed by atoms with van der Waals surface area (Å²) in [6.45, 7) is 0.900. The van der Waals surface area contributed by atoms with Crippen LogP contribution in [0, 0.1) is 0 Å². The molecular formula is C16H24BrN3O5S. The first kappa shape index (κ1) is 22.6. The van der Waals surface area contributed by atoms with E-state index in [0.29, 0.717) is 19.6 Å². The summed E-state index contributed by atoms with van der Waals surface area (Å²) in [7, 11) is -0.589. The molecule has 2 N–H and O–H groups in total. The molecule has 0 spiro atoms. The van der Waals surface area contributed by atoms with E-state index in [9.17, 15) is 18.0 Å². The fraction of sp³-hybridized carbons (Fsp3) is 0.500. The Kier molecular flexibility index (Phi) is 9.78. The smallest absolute Gasteiger partial charge is 0.240 e. The lowest BCUT2D eigenvalue weighted by atomic mass is 10.3. The summed E-state index contributed by atoms with van der Waals surface area (Å²) < 4.78 is 32.3. The maximum absolute atomic E-state index is 12.1. The van der Waals surface area contributed by atoms with Gasteiger partial charge in [-0.25, -0.2) is 13.1 Å². The summed E-state index contributed by atoms with van der Waals surface area (Å²) in [4.78, 5) is 25.1. The molecule has 1 aromatic carbocycles. The number of halogens is 1. The molecule has 0 aliphatic carbocycles. The monoisotopic (exact) mass is 449 g/mol. The molecule has 1 aromatic rings. The molecule has 0 bridgehead atoms. The van der Waals surface area contributed by atoms with E-state index in [1.165, 1.54) is 24.1 Å². The molecule has 0 radical (unpaired) electrons. The zero-order valence-electron chi connectivity index (χ0n) is 14.8. The first-order valence-corrected chi connectivity index (χ1v) is 10.3. The Labute approximate surface area is 162 Å². The van der Waals surface area contributed by atoms with Crippen molar-refractivity contribution in [2.24, 2.45) is 0 Å². The van der Waals surface area contributed by atoms with Gasteiger partial charge in [0.2, 0.25) is 21.8 Å². The van der Waals surface area contributed by atoms with Gasteiger partial charge in [-0.15, -0.1) is 0 Å². The Balaban J connectivity index is 2.36. The van der Waals surface area contributed by atoms with Crippen LogP contribution < -0.4 is 10.0 Å². The molecule has 0 unspecified atom stereocenters. The predicted molar refractivity (Wildman–Crippen MR) is 101 cm³/mol. The second kappa shape index (κ2) is 11.3. The van der Waals surface area contributed by atoms with Gasteiger partial charge in [0.15, 0.2) is 0 Å². The third-order valence-corrected chi connectivity index (χ3v) is 5.41. The number of amides is 2. The van der Waals surface area contributed by atoms with Gasteiger partial charge < -0.3 is 15.0 Å². The van der Waals surface area contributed by atoms with E-state index >= 15 is 0 Å². The van der Waals surface area contributed by atoms with Gasteiger partial charge in [-0.1, -0.05) is 15.9 Å². The summed E-state index contributed by atoms with van der Waals surface area (Å²) in [5.41, 5.74) is 0. The number of carbonyl (C=O) groups is 2. The minimum Gasteiger partial charge on any atom is -0.385 e. The predicted octanol–water partition coefficient (Wildman–Crippen LogP) is 0.729. The van der Waals surface area contributed by atoms with Crippen LogP contribution in [0.25, 0.3) is 0 Å². The van der Waals surface area contributed by atoms with Gasteiger partial charge in [0.25, 0.3) is 0 Å². The zero-order chi connectivity index (χ0) is 19.6. The Bertz CT molecular complexity index is 694. The van der Waals surface area contributed by atoms with Crippen LogP contribution >= 0.6 is 15.9 Å². The Morgan fingerprint density at radius 1 is 1.19 bits per heavy atom. The molecule has 0 saturated heterocycles. The van der Waals surface area contributed by atoms with E-state index in [1.807, 2.05) is 0 Å². The standard InChI is InChI=1S/C16H24BrN3O5S/c1-20(12-15(21)18-9-3-11-25-2)16(22)8-10-19-26(23,24)14-6-4-13(17)5-7-14/h4-7,19H,3,8-12H2,1-2H3,(H,18,21). The number of ether oxygens (including phenoxy) is 1. The summed E-state index contributed by atoms with van der Waals surface area (Å²) in [5.74, 6) is -0.594. The Morgan fingerprint density at radius 2 is 1.85 bits per heavy atom. The first-order valence-electron chi connectivity index (χ1n) is 8.01. The molecule has 26 heavy (non-hydrogen) atoms. The summed E-state index contributed by atoms with van der Waals surface area (Å²) in [6, 6.07) is 6.18. The van der Waals surface area contributed by atoms with Crippen molar-refractivity contribution in [1.82, 2.24) is 14.9 Å². The van der Waals surface area contributed by atoms with E-state index in [4.69, 9.17) is 4.74 Å². The molecule has 0 aliphatic heterocycles. The number of sulfonamides is 1. The summed E-state index contributed by atoms with van der Waals surface area (Å²) in [6.07, 6.45) is 0.654. The number of nitrogens with zero attached hydrogens (tertiary/aromatic N) is 1. The van der Waals surface area contributed by atoms with Crippen molar-refractivity contribution >= 4 is 37.8 Å². The fourth-order valence-electron chi connectivity index (χ4n) is 1.98. The van der Waals surface area contributed by atoms with Crippen LogP contribution in [0.3, 0.4) is 0 Å². The quantitative estimate of drug-likeness (QED) is 0.484. The van der Waals surface area contributed by atoms with Crippen molar-refractivity contribution in [2.45, 2.75) is 17.7 Å². The SMILES string of the molecule is COCCCNC(=O)CN(C)C(=O)CCNS(=O)(=O)c1ccc(Br)cc1. The molecule has 0 heterocycles. The lowest BCUT2D eigenvalue weighted by Gasteiger charge is -2.17. The van der Waals surface area contributed by atoms with Crippen molar-refractivity contribution in [2.75, 3.05) is 40.4 Å². The number of methoxy groups -OCH3 is 1. The molecular weight excluding hydrogens is 426 g/mol. The Morgan fingerprint density at radius 3 is 2.46 bits per heavy atom. The van der Waals surface area contributed by atoms with Crippen LogP contribution in [-0.2, 0) is 24.3 Å². The van der Waals surface area contributed by atoms with Gasteiger partial charge in [-0.3, -0.25) is 9.59 Å². The summed E-state index contributed by atoms with van der Waals surface area (Å²) >= 11 is 3.24. The number of hydrogen-bond donors (Lipinski definition) is 2. The topological polar surface area (TPSA) is 105 Å². The highest BCUT2D eigenvalue weighted by atomic mass is 79.9. The van der Waals surface area contributed by atoms with Gasteiger partial charge in [0.1, 0.15) is 0 Å². The maximum atomic E-state index is 12.1. The first-order chi connectivity index (χ1) is 12.3. The van der Waals surface area contributed by atoms with E-state index in [1.54, 1.807) is 19.2 Å². The maximum Gasteiger partial charge on any atom is 0.240 e. The van der Waals surface area contributed by atoms with Crippen molar-refractivity contribution in [3.05, 3.63) is 28.7 Å². The molecule has 0 fully saturated rings. The van der Waals surface area contributed by atoms with Crippen LogP contribution in [0.4, 0.5) is 0 Å². The van der Waals surface area contributed by atoms with Crippen LogP contribution in [-0.4, -0.2) is 65.5 Å². The molecule has 0 atom stereocenters. The fourth-order valence-corrected chi connectivity index (χ4v) is 3.28. The van der Waals surface area contributed by atoms with Crippen LogP contribution in [0.15, 0.2) is 33.6 Å². The van der Waals surface area contributed by atoms with Crippen molar-refractivity contribution in [3.63, 3.8) is 0 Å². The third kappa shape index (κ3) is 8.26. The van der Waals surface area contributed by atoms with Gasteiger partial charge in [0.05, 0.1) is 11.4 Å². The molecule has 0 saturated carbocycles. The number of benzene rings is 1. The lowest BCUT2D eigenvalue weighted by molar-refractivity contribution is -0.134. The van der Waals surface area contributed by atoms with Crippen molar-refractivity contribution < 1.29 is 22.7 Å². The Hall–Kier alpha value is -1.49. The van der Waals surface area contributed by atoms with Gasteiger partial charge in [-0.2, -0.15) is 0 Å². The molecule has 8 nitrogen and oxygen atoms in total. The van der Waals surface area contributed by atoms with Gasteiger partial charge in [-0.05, 0) is 30.7 Å². The lowest BCUT2D eigenvalue weighted by Crippen LogP contribution is -2.40. The molecule has 146 valence electrons. The third-order valence-electron chi connectivity index (χ3n) is 3.41. The zero-order valence-corrected chi connectivity index (χ0v) is 17.2. The molecule has 1 rings (SSSR count). The average molecular weight is 450 g/mol.